The Kier molecular flexibility index (Phi) is 4.98. The molecule has 0 amide bonds. The van der Waals surface area contributed by atoms with Crippen LogP contribution in [0.5, 0.6) is 5.75 Å². The molecule has 0 unspecified atom stereocenters. The Balaban J connectivity index is 1.46. The number of hydrogen-bond acceptors (Lipinski definition) is 4. The molecule has 6 heteroatoms. The number of rotatable bonds is 5. The smallest absolute Gasteiger partial charge is 0.248 e. The van der Waals surface area contributed by atoms with Crippen molar-refractivity contribution in [3.63, 3.8) is 0 Å². The summed E-state index contributed by atoms with van der Waals surface area (Å²) in [6, 6.07) is 21.4. The van der Waals surface area contributed by atoms with E-state index < -0.39 is 0 Å². The van der Waals surface area contributed by atoms with Crippen molar-refractivity contribution in [2.75, 3.05) is 0 Å². The summed E-state index contributed by atoms with van der Waals surface area (Å²) in [5.41, 5.74) is 2.38. The van der Waals surface area contributed by atoms with Gasteiger partial charge >= 0.3 is 0 Å². The van der Waals surface area contributed by atoms with E-state index in [0.29, 0.717) is 18.1 Å². The highest BCUT2D eigenvalue weighted by Gasteiger charge is 2.11. The Morgan fingerprint density at radius 1 is 0.852 bits per heavy atom. The molecule has 1 heterocycles. The SMILES string of the molecule is Fc1cccc(-c2nnc(-c3ccc(OCc4cccc(Br)c4)cc3)o2)c1. The highest BCUT2D eigenvalue weighted by Crippen LogP contribution is 2.26. The zero-order valence-electron chi connectivity index (χ0n) is 14.1. The van der Waals surface area contributed by atoms with Gasteiger partial charge < -0.3 is 9.15 Å². The van der Waals surface area contributed by atoms with Crippen molar-refractivity contribution >= 4 is 15.9 Å². The lowest BCUT2D eigenvalue weighted by atomic mass is 10.2. The fraction of sp³-hybridized carbons (Fsp3) is 0.0476. The maximum Gasteiger partial charge on any atom is 0.248 e. The molecule has 4 aromatic rings. The van der Waals surface area contributed by atoms with Crippen molar-refractivity contribution in [1.82, 2.24) is 10.2 Å². The third kappa shape index (κ3) is 4.23. The van der Waals surface area contributed by atoms with Crippen LogP contribution in [0.1, 0.15) is 5.56 Å². The number of aromatic nitrogens is 2. The average Bonchev–Trinajstić information content (AvgIpc) is 3.17. The molecule has 0 aliphatic heterocycles. The predicted octanol–water partition coefficient (Wildman–Crippen LogP) is 5.88. The fourth-order valence-corrected chi connectivity index (χ4v) is 3.01. The Hall–Kier alpha value is -2.99. The molecule has 0 aliphatic carbocycles. The summed E-state index contributed by atoms with van der Waals surface area (Å²) in [4.78, 5) is 0. The first-order chi connectivity index (χ1) is 13.2. The van der Waals surface area contributed by atoms with Gasteiger partial charge in [-0.05, 0) is 60.2 Å². The van der Waals surface area contributed by atoms with E-state index >= 15 is 0 Å². The van der Waals surface area contributed by atoms with Gasteiger partial charge in [0.2, 0.25) is 11.8 Å². The van der Waals surface area contributed by atoms with Crippen LogP contribution in [0, 0.1) is 5.82 Å². The summed E-state index contributed by atoms with van der Waals surface area (Å²) in [7, 11) is 0. The second-order valence-electron chi connectivity index (χ2n) is 5.87. The van der Waals surface area contributed by atoms with Crippen LogP contribution < -0.4 is 4.74 Å². The molecule has 0 saturated heterocycles. The van der Waals surface area contributed by atoms with Crippen molar-refractivity contribution in [3.8, 4) is 28.7 Å². The highest BCUT2D eigenvalue weighted by molar-refractivity contribution is 9.10. The van der Waals surface area contributed by atoms with Gasteiger partial charge in [0, 0.05) is 15.6 Å². The maximum atomic E-state index is 13.3. The van der Waals surface area contributed by atoms with E-state index in [4.69, 9.17) is 9.15 Å². The topological polar surface area (TPSA) is 48.2 Å². The van der Waals surface area contributed by atoms with E-state index in [1.165, 1.54) is 12.1 Å². The molecule has 0 spiro atoms. The third-order valence-electron chi connectivity index (χ3n) is 3.89. The molecule has 27 heavy (non-hydrogen) atoms. The second kappa shape index (κ2) is 7.72. The van der Waals surface area contributed by atoms with Gasteiger partial charge in [-0.25, -0.2) is 4.39 Å². The number of hydrogen-bond donors (Lipinski definition) is 0. The first-order valence-electron chi connectivity index (χ1n) is 8.24. The van der Waals surface area contributed by atoms with Gasteiger partial charge in [-0.2, -0.15) is 0 Å². The van der Waals surface area contributed by atoms with E-state index in [2.05, 4.69) is 26.1 Å². The molecular formula is C21H14BrFN2O2. The standard InChI is InChI=1S/C21H14BrFN2O2/c22-17-5-1-3-14(11-17)13-26-19-9-7-15(8-10-19)20-24-25-21(27-20)16-4-2-6-18(23)12-16/h1-12H,13H2. The van der Waals surface area contributed by atoms with Crippen LogP contribution in [0.2, 0.25) is 0 Å². The summed E-state index contributed by atoms with van der Waals surface area (Å²) in [6.45, 7) is 0.475. The molecule has 4 nitrogen and oxygen atoms in total. The number of benzene rings is 3. The summed E-state index contributed by atoms with van der Waals surface area (Å²) >= 11 is 3.45. The van der Waals surface area contributed by atoms with Gasteiger partial charge in [-0.1, -0.05) is 34.1 Å². The van der Waals surface area contributed by atoms with Crippen LogP contribution in [0.15, 0.2) is 81.7 Å². The Morgan fingerprint density at radius 3 is 2.33 bits per heavy atom. The Morgan fingerprint density at radius 2 is 1.59 bits per heavy atom. The number of halogens is 2. The molecule has 1 aromatic heterocycles. The summed E-state index contributed by atoms with van der Waals surface area (Å²) in [5.74, 6) is 1.04. The average molecular weight is 425 g/mol. The van der Waals surface area contributed by atoms with E-state index in [1.807, 2.05) is 48.5 Å². The molecule has 0 radical (unpaired) electrons. The van der Waals surface area contributed by atoms with Gasteiger partial charge in [0.15, 0.2) is 0 Å². The minimum absolute atomic E-state index is 0.277. The molecule has 0 saturated carbocycles. The molecule has 134 valence electrons. The summed E-state index contributed by atoms with van der Waals surface area (Å²) < 4.78 is 25.8. The van der Waals surface area contributed by atoms with Gasteiger partial charge in [0.1, 0.15) is 18.2 Å². The molecule has 0 aliphatic rings. The largest absolute Gasteiger partial charge is 0.489 e. The molecule has 0 fully saturated rings. The number of nitrogens with zero attached hydrogens (tertiary/aromatic N) is 2. The van der Waals surface area contributed by atoms with Crippen LogP contribution >= 0.6 is 15.9 Å². The lowest BCUT2D eigenvalue weighted by molar-refractivity contribution is 0.306. The molecule has 4 rings (SSSR count). The van der Waals surface area contributed by atoms with Crippen LogP contribution in [0.4, 0.5) is 4.39 Å². The predicted molar refractivity (Wildman–Crippen MR) is 104 cm³/mol. The van der Waals surface area contributed by atoms with E-state index in [-0.39, 0.29) is 11.7 Å². The van der Waals surface area contributed by atoms with Crippen molar-refractivity contribution in [2.45, 2.75) is 6.61 Å². The molecule has 3 aromatic carbocycles. The zero-order chi connectivity index (χ0) is 18.6. The second-order valence-corrected chi connectivity index (χ2v) is 6.78. The Bertz CT molecular complexity index is 1060. The van der Waals surface area contributed by atoms with E-state index in [0.717, 1.165) is 21.3 Å². The first-order valence-corrected chi connectivity index (χ1v) is 9.04. The molecule has 0 N–H and O–H groups in total. The Labute approximate surface area is 163 Å². The molecular weight excluding hydrogens is 411 g/mol. The van der Waals surface area contributed by atoms with Gasteiger partial charge in [-0.15, -0.1) is 10.2 Å². The van der Waals surface area contributed by atoms with Crippen molar-refractivity contribution in [1.29, 1.82) is 0 Å². The van der Waals surface area contributed by atoms with Crippen molar-refractivity contribution in [3.05, 3.63) is 88.6 Å². The maximum absolute atomic E-state index is 13.3. The van der Waals surface area contributed by atoms with Crippen LogP contribution in [-0.4, -0.2) is 10.2 Å². The van der Waals surface area contributed by atoms with E-state index in [1.54, 1.807) is 12.1 Å². The van der Waals surface area contributed by atoms with Crippen molar-refractivity contribution in [2.24, 2.45) is 0 Å². The summed E-state index contributed by atoms with van der Waals surface area (Å²) in [6.07, 6.45) is 0. The van der Waals surface area contributed by atoms with Gasteiger partial charge in [0.25, 0.3) is 0 Å². The van der Waals surface area contributed by atoms with Gasteiger partial charge in [0.05, 0.1) is 0 Å². The van der Waals surface area contributed by atoms with Crippen LogP contribution in [0.3, 0.4) is 0 Å². The van der Waals surface area contributed by atoms with Crippen LogP contribution in [-0.2, 0) is 6.61 Å². The molecule has 0 bridgehead atoms. The van der Waals surface area contributed by atoms with Gasteiger partial charge in [-0.3, -0.25) is 0 Å². The summed E-state index contributed by atoms with van der Waals surface area (Å²) in [5, 5.41) is 8.03. The fourth-order valence-electron chi connectivity index (χ4n) is 2.57. The van der Waals surface area contributed by atoms with E-state index in [9.17, 15) is 4.39 Å². The van der Waals surface area contributed by atoms with Crippen LogP contribution in [0.25, 0.3) is 22.9 Å². The quantitative estimate of drug-likeness (QED) is 0.401. The zero-order valence-corrected chi connectivity index (χ0v) is 15.7. The molecule has 0 atom stereocenters. The normalized spacial score (nSPS) is 10.7. The highest BCUT2D eigenvalue weighted by atomic mass is 79.9. The third-order valence-corrected chi connectivity index (χ3v) is 4.39. The lowest BCUT2D eigenvalue weighted by Gasteiger charge is -2.07. The lowest BCUT2D eigenvalue weighted by Crippen LogP contribution is -1.95. The number of ether oxygens (including phenoxy) is 1. The monoisotopic (exact) mass is 424 g/mol. The minimum Gasteiger partial charge on any atom is -0.489 e. The minimum atomic E-state index is -0.348. The first kappa shape index (κ1) is 17.4. The van der Waals surface area contributed by atoms with Crippen molar-refractivity contribution < 1.29 is 13.5 Å².